The Labute approximate surface area is 143 Å². The van der Waals surface area contributed by atoms with Gasteiger partial charge in [-0.05, 0) is 37.5 Å². The molecule has 1 atom stereocenters. The summed E-state index contributed by atoms with van der Waals surface area (Å²) in [5.74, 6) is 1.06. The van der Waals surface area contributed by atoms with Gasteiger partial charge in [0.25, 0.3) is 0 Å². The molecule has 0 N–H and O–H groups in total. The van der Waals surface area contributed by atoms with Crippen LogP contribution in [0.15, 0.2) is 48.5 Å². The molecule has 0 aliphatic carbocycles. The smallest absolute Gasteiger partial charge is 0.235 e. The van der Waals surface area contributed by atoms with Crippen molar-refractivity contribution in [3.8, 4) is 0 Å². The maximum absolute atomic E-state index is 12.5. The fraction of sp³-hybridized carbons (Fsp3) is 0.350. The summed E-state index contributed by atoms with van der Waals surface area (Å²) in [6.45, 7) is 6.90. The van der Waals surface area contributed by atoms with Crippen LogP contribution in [0.1, 0.15) is 29.2 Å². The summed E-state index contributed by atoms with van der Waals surface area (Å²) in [6.07, 6.45) is 0. The van der Waals surface area contributed by atoms with Crippen LogP contribution < -0.4 is 0 Å². The van der Waals surface area contributed by atoms with Crippen LogP contribution in [0.2, 0.25) is 0 Å². The third-order valence-corrected chi connectivity index (χ3v) is 5.16. The SMILES string of the molecule is Cc1ccc(C)c(CSC(C)C(=O)N(C)Cc2ccccc2)c1. The summed E-state index contributed by atoms with van der Waals surface area (Å²) in [6, 6.07) is 16.6. The fourth-order valence-corrected chi connectivity index (χ4v) is 3.55. The molecule has 0 fully saturated rings. The molecule has 0 aliphatic heterocycles. The zero-order valence-corrected chi connectivity index (χ0v) is 15.2. The molecule has 0 saturated carbocycles. The number of nitrogens with zero attached hydrogens (tertiary/aromatic N) is 1. The Bertz CT molecular complexity index is 654. The lowest BCUT2D eigenvalue weighted by Crippen LogP contribution is -2.32. The molecular formula is C20H25NOS. The van der Waals surface area contributed by atoms with Crippen LogP contribution in [-0.2, 0) is 17.1 Å². The first-order valence-corrected chi connectivity index (χ1v) is 8.99. The molecular weight excluding hydrogens is 302 g/mol. The number of aryl methyl sites for hydroxylation is 2. The van der Waals surface area contributed by atoms with Crippen molar-refractivity contribution >= 4 is 17.7 Å². The highest BCUT2D eigenvalue weighted by Crippen LogP contribution is 2.22. The number of hydrogen-bond donors (Lipinski definition) is 0. The zero-order chi connectivity index (χ0) is 16.8. The summed E-state index contributed by atoms with van der Waals surface area (Å²) in [4.78, 5) is 14.3. The third kappa shape index (κ3) is 5.14. The fourth-order valence-electron chi connectivity index (χ4n) is 2.49. The molecule has 0 bridgehead atoms. The van der Waals surface area contributed by atoms with Crippen LogP contribution in [0.5, 0.6) is 0 Å². The molecule has 2 rings (SSSR count). The molecule has 2 aromatic carbocycles. The lowest BCUT2D eigenvalue weighted by Gasteiger charge is -2.21. The predicted octanol–water partition coefficient (Wildman–Crippen LogP) is 4.58. The summed E-state index contributed by atoms with van der Waals surface area (Å²) >= 11 is 1.71. The van der Waals surface area contributed by atoms with E-state index in [2.05, 4.69) is 44.2 Å². The van der Waals surface area contributed by atoms with Gasteiger partial charge in [0, 0.05) is 19.3 Å². The van der Waals surface area contributed by atoms with Gasteiger partial charge in [-0.3, -0.25) is 4.79 Å². The van der Waals surface area contributed by atoms with Crippen LogP contribution in [-0.4, -0.2) is 23.1 Å². The molecule has 23 heavy (non-hydrogen) atoms. The predicted molar refractivity (Wildman–Crippen MR) is 99.6 cm³/mol. The maximum Gasteiger partial charge on any atom is 0.235 e. The number of benzene rings is 2. The van der Waals surface area contributed by atoms with E-state index in [9.17, 15) is 4.79 Å². The molecule has 0 heterocycles. The monoisotopic (exact) mass is 327 g/mol. The number of thioether (sulfide) groups is 1. The van der Waals surface area contributed by atoms with Gasteiger partial charge >= 0.3 is 0 Å². The second-order valence-corrected chi connectivity index (χ2v) is 7.39. The summed E-state index contributed by atoms with van der Waals surface area (Å²) in [5.41, 5.74) is 5.04. The number of rotatable bonds is 6. The van der Waals surface area contributed by atoms with E-state index in [1.54, 1.807) is 11.8 Å². The van der Waals surface area contributed by atoms with Gasteiger partial charge in [0.1, 0.15) is 0 Å². The molecule has 1 unspecified atom stereocenters. The molecule has 0 aromatic heterocycles. The van der Waals surface area contributed by atoms with Gasteiger partial charge in [0.05, 0.1) is 5.25 Å². The summed E-state index contributed by atoms with van der Waals surface area (Å²) in [5, 5.41) is -0.0383. The number of carbonyl (C=O) groups excluding carboxylic acids is 1. The Morgan fingerprint density at radius 3 is 2.52 bits per heavy atom. The van der Waals surface area contributed by atoms with Crippen LogP contribution in [0.25, 0.3) is 0 Å². The van der Waals surface area contributed by atoms with Gasteiger partial charge in [-0.15, -0.1) is 11.8 Å². The first-order valence-electron chi connectivity index (χ1n) is 7.94. The molecule has 2 nitrogen and oxygen atoms in total. The summed E-state index contributed by atoms with van der Waals surface area (Å²) < 4.78 is 0. The topological polar surface area (TPSA) is 20.3 Å². The normalized spacial score (nSPS) is 12.0. The van der Waals surface area contributed by atoms with Crippen LogP contribution >= 0.6 is 11.8 Å². The largest absolute Gasteiger partial charge is 0.340 e. The third-order valence-electron chi connectivity index (χ3n) is 3.98. The van der Waals surface area contributed by atoms with Gasteiger partial charge in [-0.1, -0.05) is 54.1 Å². The van der Waals surface area contributed by atoms with Gasteiger partial charge in [0.15, 0.2) is 0 Å². The van der Waals surface area contributed by atoms with Crippen LogP contribution in [0.3, 0.4) is 0 Å². The zero-order valence-electron chi connectivity index (χ0n) is 14.4. The van der Waals surface area contributed by atoms with Gasteiger partial charge in [-0.25, -0.2) is 0 Å². The first-order chi connectivity index (χ1) is 11.0. The molecule has 0 spiro atoms. The van der Waals surface area contributed by atoms with E-state index in [-0.39, 0.29) is 11.2 Å². The lowest BCUT2D eigenvalue weighted by atomic mass is 10.1. The van der Waals surface area contributed by atoms with Crippen molar-refractivity contribution in [1.82, 2.24) is 4.90 Å². The molecule has 3 heteroatoms. The second-order valence-electron chi connectivity index (χ2n) is 6.06. The van der Waals surface area contributed by atoms with Crippen molar-refractivity contribution in [2.75, 3.05) is 7.05 Å². The van der Waals surface area contributed by atoms with E-state index in [0.717, 1.165) is 11.3 Å². The molecule has 0 aliphatic rings. The first kappa shape index (κ1) is 17.6. The molecule has 0 radical (unpaired) electrons. The van der Waals surface area contributed by atoms with E-state index in [1.807, 2.05) is 37.1 Å². The van der Waals surface area contributed by atoms with Crippen molar-refractivity contribution in [3.05, 3.63) is 70.8 Å². The van der Waals surface area contributed by atoms with E-state index in [4.69, 9.17) is 0 Å². The van der Waals surface area contributed by atoms with Crippen molar-refractivity contribution in [2.45, 2.75) is 38.3 Å². The number of carbonyl (C=O) groups is 1. The van der Waals surface area contributed by atoms with Gasteiger partial charge in [-0.2, -0.15) is 0 Å². The van der Waals surface area contributed by atoms with Crippen molar-refractivity contribution in [3.63, 3.8) is 0 Å². The molecule has 122 valence electrons. The van der Waals surface area contributed by atoms with E-state index < -0.39 is 0 Å². The van der Waals surface area contributed by atoms with Crippen molar-refractivity contribution < 1.29 is 4.79 Å². The van der Waals surface area contributed by atoms with Crippen LogP contribution in [0.4, 0.5) is 0 Å². The number of hydrogen-bond acceptors (Lipinski definition) is 2. The number of amides is 1. The van der Waals surface area contributed by atoms with E-state index in [0.29, 0.717) is 6.54 Å². The highest BCUT2D eigenvalue weighted by atomic mass is 32.2. The minimum atomic E-state index is -0.0383. The molecule has 2 aromatic rings. The Balaban J connectivity index is 1.90. The van der Waals surface area contributed by atoms with Gasteiger partial charge in [0.2, 0.25) is 5.91 Å². The summed E-state index contributed by atoms with van der Waals surface area (Å²) in [7, 11) is 1.88. The van der Waals surface area contributed by atoms with Crippen LogP contribution in [0, 0.1) is 13.8 Å². The van der Waals surface area contributed by atoms with Gasteiger partial charge < -0.3 is 4.90 Å². The maximum atomic E-state index is 12.5. The Morgan fingerprint density at radius 1 is 1.13 bits per heavy atom. The lowest BCUT2D eigenvalue weighted by molar-refractivity contribution is -0.129. The quantitative estimate of drug-likeness (QED) is 0.774. The van der Waals surface area contributed by atoms with E-state index in [1.165, 1.54) is 16.7 Å². The highest BCUT2D eigenvalue weighted by molar-refractivity contribution is 7.99. The average molecular weight is 327 g/mol. The second kappa shape index (κ2) is 8.21. The minimum absolute atomic E-state index is 0.0383. The standard InChI is InChI=1S/C20H25NOS/c1-15-10-11-16(2)19(12-15)14-23-17(3)20(22)21(4)13-18-8-6-5-7-9-18/h5-12,17H,13-14H2,1-4H3. The van der Waals surface area contributed by atoms with Crippen molar-refractivity contribution in [2.24, 2.45) is 0 Å². The highest BCUT2D eigenvalue weighted by Gasteiger charge is 2.18. The van der Waals surface area contributed by atoms with Crippen molar-refractivity contribution in [1.29, 1.82) is 0 Å². The minimum Gasteiger partial charge on any atom is -0.340 e. The molecule has 0 saturated heterocycles. The Hall–Kier alpha value is -1.74. The Morgan fingerprint density at radius 2 is 1.83 bits per heavy atom. The van der Waals surface area contributed by atoms with E-state index >= 15 is 0 Å². The Kier molecular flexibility index (Phi) is 6.28. The average Bonchev–Trinajstić information content (AvgIpc) is 2.55. The molecule has 1 amide bonds.